The van der Waals surface area contributed by atoms with Crippen molar-refractivity contribution in [2.24, 2.45) is 0 Å². The topological polar surface area (TPSA) is 72.7 Å². The van der Waals surface area contributed by atoms with E-state index in [0.717, 1.165) is 30.2 Å². The molecule has 1 fully saturated rings. The lowest BCUT2D eigenvalue weighted by molar-refractivity contribution is -0.907. The molecule has 1 saturated heterocycles. The zero-order chi connectivity index (χ0) is 19.6. The summed E-state index contributed by atoms with van der Waals surface area (Å²) < 4.78 is 16.1. The summed E-state index contributed by atoms with van der Waals surface area (Å²) in [6.07, 6.45) is 1.65. The van der Waals surface area contributed by atoms with Crippen LogP contribution in [0.1, 0.15) is 12.5 Å². The summed E-state index contributed by atoms with van der Waals surface area (Å²) in [6, 6.07) is 5.62. The van der Waals surface area contributed by atoms with Gasteiger partial charge in [0, 0.05) is 5.56 Å². The van der Waals surface area contributed by atoms with Gasteiger partial charge in [0.2, 0.25) is 0 Å². The molecule has 1 amide bonds. The Morgan fingerprint density at radius 3 is 2.78 bits per heavy atom. The number of aliphatic hydroxyl groups excluding tert-OH is 1. The van der Waals surface area contributed by atoms with Crippen molar-refractivity contribution < 1.29 is 29.0 Å². The Morgan fingerprint density at radius 2 is 2.15 bits per heavy atom. The highest BCUT2D eigenvalue weighted by Crippen LogP contribution is 2.25. The highest BCUT2D eigenvalue weighted by molar-refractivity contribution is 5.67. The Bertz CT molecular complexity index is 614. The number of hydrogen-bond acceptors (Lipinski definition) is 5. The summed E-state index contributed by atoms with van der Waals surface area (Å²) in [5.74, 6) is 1.50. The summed E-state index contributed by atoms with van der Waals surface area (Å²) in [6.45, 7) is 9.64. The molecule has 1 aromatic rings. The maximum atomic E-state index is 11.7. The summed E-state index contributed by atoms with van der Waals surface area (Å²) in [4.78, 5) is 14.7. The lowest BCUT2D eigenvalue weighted by atomic mass is 10.1. The zero-order valence-electron chi connectivity index (χ0n) is 16.3. The smallest absolute Gasteiger partial charge is 0.410 e. The van der Waals surface area contributed by atoms with E-state index in [2.05, 4.69) is 6.58 Å². The number of benzene rings is 1. The first-order chi connectivity index (χ1) is 13.1. The molecular weight excluding hydrogens is 348 g/mol. The van der Waals surface area contributed by atoms with Crippen molar-refractivity contribution in [3.8, 4) is 11.5 Å². The maximum Gasteiger partial charge on any atom is 0.410 e. The van der Waals surface area contributed by atoms with Crippen molar-refractivity contribution in [2.75, 3.05) is 53.0 Å². The molecule has 1 aliphatic rings. The Morgan fingerprint density at radius 1 is 1.41 bits per heavy atom. The van der Waals surface area contributed by atoms with Crippen LogP contribution >= 0.6 is 0 Å². The molecule has 1 heterocycles. The molecule has 2 N–H and O–H groups in total. The van der Waals surface area contributed by atoms with Crippen molar-refractivity contribution in [1.82, 2.24) is 4.90 Å². The quantitative estimate of drug-likeness (QED) is 0.612. The average molecular weight is 379 g/mol. The predicted molar refractivity (Wildman–Crippen MR) is 103 cm³/mol. The molecule has 0 saturated carbocycles. The Kier molecular flexibility index (Phi) is 8.42. The number of nitrogens with zero attached hydrogens (tertiary/aromatic N) is 1. The summed E-state index contributed by atoms with van der Waals surface area (Å²) in [7, 11) is 1.63. The number of amides is 1. The fourth-order valence-corrected chi connectivity index (χ4v) is 3.14. The number of ether oxygens (including phenoxy) is 3. The molecule has 2 rings (SSSR count). The number of allylic oxidation sites excluding steroid dienone is 1. The van der Waals surface area contributed by atoms with E-state index in [9.17, 15) is 9.90 Å². The van der Waals surface area contributed by atoms with Crippen LogP contribution in [0.15, 0.2) is 30.9 Å². The number of methoxy groups -OCH3 is 1. The lowest BCUT2D eigenvalue weighted by Crippen LogP contribution is -3.16. The van der Waals surface area contributed by atoms with Crippen LogP contribution in [0.25, 0.3) is 0 Å². The van der Waals surface area contributed by atoms with Gasteiger partial charge in [-0.25, -0.2) is 4.79 Å². The third-order valence-electron chi connectivity index (χ3n) is 4.58. The maximum absolute atomic E-state index is 11.7. The molecular formula is C20H31N2O5+. The van der Waals surface area contributed by atoms with Crippen LogP contribution in [0.2, 0.25) is 0 Å². The molecule has 150 valence electrons. The molecule has 7 nitrogen and oxygen atoms in total. The van der Waals surface area contributed by atoms with Crippen molar-refractivity contribution in [3.63, 3.8) is 0 Å². The number of aliphatic hydroxyl groups is 1. The van der Waals surface area contributed by atoms with E-state index in [-0.39, 0.29) is 12.7 Å². The summed E-state index contributed by atoms with van der Waals surface area (Å²) in [5, 5.41) is 10.3. The van der Waals surface area contributed by atoms with E-state index in [1.807, 2.05) is 24.3 Å². The highest BCUT2D eigenvalue weighted by atomic mass is 16.6. The minimum atomic E-state index is -0.576. The standard InChI is InChI=1S/C20H30N2O5/c1-4-6-16-13-18(25-3)7-8-19(16)27-15-17(23)14-21-9-11-22(12-10-21)20(24)26-5-2/h4,7-8,13,17,23H,1,5-6,9-12,14-15H2,2-3H3/p+1/t17-/m1/s1. The van der Waals surface area contributed by atoms with Crippen LogP contribution in [-0.2, 0) is 11.2 Å². The third-order valence-corrected chi connectivity index (χ3v) is 4.58. The molecule has 1 aliphatic heterocycles. The molecule has 0 aliphatic carbocycles. The Labute approximate surface area is 161 Å². The largest absolute Gasteiger partial charge is 0.497 e. The van der Waals surface area contributed by atoms with Gasteiger partial charge in [-0.1, -0.05) is 6.08 Å². The second-order valence-electron chi connectivity index (χ2n) is 6.57. The van der Waals surface area contributed by atoms with Gasteiger partial charge in [-0.05, 0) is 31.5 Å². The van der Waals surface area contributed by atoms with Crippen molar-refractivity contribution in [1.29, 1.82) is 0 Å². The molecule has 1 aromatic carbocycles. The molecule has 0 unspecified atom stereocenters. The summed E-state index contributed by atoms with van der Waals surface area (Å²) in [5.41, 5.74) is 0.979. The van der Waals surface area contributed by atoms with E-state index in [1.54, 1.807) is 18.9 Å². The normalized spacial score (nSPS) is 15.9. The zero-order valence-corrected chi connectivity index (χ0v) is 16.3. The van der Waals surface area contributed by atoms with Crippen LogP contribution < -0.4 is 14.4 Å². The van der Waals surface area contributed by atoms with Gasteiger partial charge < -0.3 is 24.2 Å². The van der Waals surface area contributed by atoms with E-state index in [1.165, 1.54) is 4.90 Å². The number of piperazine rings is 1. The molecule has 0 radical (unpaired) electrons. The number of rotatable bonds is 9. The van der Waals surface area contributed by atoms with Crippen molar-refractivity contribution >= 4 is 6.09 Å². The van der Waals surface area contributed by atoms with Crippen LogP contribution in [0.5, 0.6) is 11.5 Å². The molecule has 0 bridgehead atoms. The summed E-state index contributed by atoms with van der Waals surface area (Å²) >= 11 is 0. The predicted octanol–water partition coefficient (Wildman–Crippen LogP) is 0.520. The Hall–Kier alpha value is -2.25. The van der Waals surface area contributed by atoms with Gasteiger partial charge in [0.15, 0.2) is 0 Å². The lowest BCUT2D eigenvalue weighted by Gasteiger charge is -2.32. The van der Waals surface area contributed by atoms with Gasteiger partial charge in [0.1, 0.15) is 30.8 Å². The third kappa shape index (κ3) is 6.45. The van der Waals surface area contributed by atoms with E-state index in [4.69, 9.17) is 14.2 Å². The minimum absolute atomic E-state index is 0.224. The van der Waals surface area contributed by atoms with Crippen molar-refractivity contribution in [2.45, 2.75) is 19.4 Å². The molecule has 0 spiro atoms. The van der Waals surface area contributed by atoms with Crippen LogP contribution in [0, 0.1) is 0 Å². The number of carbonyl (C=O) groups is 1. The molecule has 1 atom stereocenters. The van der Waals surface area contributed by atoms with Gasteiger partial charge in [-0.2, -0.15) is 0 Å². The molecule has 0 aromatic heterocycles. The number of carbonyl (C=O) groups excluding carboxylic acids is 1. The van der Waals surface area contributed by atoms with Crippen LogP contribution in [0.3, 0.4) is 0 Å². The van der Waals surface area contributed by atoms with Gasteiger partial charge in [-0.3, -0.25) is 4.90 Å². The second-order valence-corrected chi connectivity index (χ2v) is 6.57. The number of nitrogens with one attached hydrogen (secondary N) is 1. The van der Waals surface area contributed by atoms with E-state index >= 15 is 0 Å². The number of hydrogen-bond donors (Lipinski definition) is 2. The second kappa shape index (κ2) is 10.8. The monoisotopic (exact) mass is 379 g/mol. The first kappa shape index (κ1) is 21.1. The highest BCUT2D eigenvalue weighted by Gasteiger charge is 2.26. The fourth-order valence-electron chi connectivity index (χ4n) is 3.14. The Balaban J connectivity index is 1.79. The van der Waals surface area contributed by atoms with Gasteiger partial charge in [0.05, 0.1) is 39.9 Å². The average Bonchev–Trinajstić information content (AvgIpc) is 2.68. The SMILES string of the molecule is C=CCc1cc(OC)ccc1OC[C@H](O)C[NH+]1CCN(C(=O)OCC)CC1. The van der Waals surface area contributed by atoms with E-state index < -0.39 is 6.10 Å². The van der Waals surface area contributed by atoms with Crippen LogP contribution in [0.4, 0.5) is 4.79 Å². The fraction of sp³-hybridized carbons (Fsp3) is 0.550. The van der Waals surface area contributed by atoms with Gasteiger partial charge >= 0.3 is 6.09 Å². The van der Waals surface area contributed by atoms with Gasteiger partial charge in [0.25, 0.3) is 0 Å². The van der Waals surface area contributed by atoms with Crippen LogP contribution in [-0.4, -0.2) is 75.3 Å². The molecule has 7 heteroatoms. The van der Waals surface area contributed by atoms with Crippen molar-refractivity contribution in [3.05, 3.63) is 36.4 Å². The first-order valence-electron chi connectivity index (χ1n) is 9.41. The first-order valence-corrected chi connectivity index (χ1v) is 9.41. The molecule has 27 heavy (non-hydrogen) atoms. The number of quaternary nitrogens is 1. The minimum Gasteiger partial charge on any atom is -0.497 e. The van der Waals surface area contributed by atoms with Gasteiger partial charge in [-0.15, -0.1) is 6.58 Å². The van der Waals surface area contributed by atoms with E-state index in [0.29, 0.717) is 32.7 Å².